The van der Waals surface area contributed by atoms with Gasteiger partial charge in [-0.05, 0) is 30.4 Å². The highest BCUT2D eigenvalue weighted by Crippen LogP contribution is 2.17. The summed E-state index contributed by atoms with van der Waals surface area (Å²) in [6, 6.07) is 0. The Kier molecular flexibility index (Phi) is 3.90. The van der Waals surface area contributed by atoms with Crippen LogP contribution in [0.25, 0.3) is 0 Å². The molecule has 0 amide bonds. The summed E-state index contributed by atoms with van der Waals surface area (Å²) in [5, 5.41) is 3.01. The van der Waals surface area contributed by atoms with Crippen LogP contribution in [0.5, 0.6) is 0 Å². The molecule has 2 heterocycles. The summed E-state index contributed by atoms with van der Waals surface area (Å²) in [5.74, 6) is 0.199. The number of nitrogens with zero attached hydrogens (tertiary/aromatic N) is 2. The highest BCUT2D eigenvalue weighted by molar-refractivity contribution is 6.28. The zero-order valence-corrected chi connectivity index (χ0v) is 9.50. The summed E-state index contributed by atoms with van der Waals surface area (Å²) >= 11 is 5.59. The van der Waals surface area contributed by atoms with E-state index in [1.165, 1.54) is 0 Å². The third-order valence-electron chi connectivity index (χ3n) is 2.61. The van der Waals surface area contributed by atoms with Crippen LogP contribution in [0.3, 0.4) is 0 Å². The lowest BCUT2D eigenvalue weighted by Crippen LogP contribution is -2.23. The molecule has 0 aromatic carbocycles. The van der Waals surface area contributed by atoms with E-state index in [2.05, 4.69) is 15.3 Å². The normalized spacial score (nSPS) is 17.4. The number of hydrogen-bond acceptors (Lipinski definition) is 4. The molecule has 0 saturated carbocycles. The van der Waals surface area contributed by atoms with Crippen molar-refractivity contribution in [3.05, 3.63) is 17.3 Å². The molecule has 0 radical (unpaired) electrons. The van der Waals surface area contributed by atoms with Crippen molar-refractivity contribution in [2.75, 3.05) is 25.1 Å². The second-order valence-corrected chi connectivity index (χ2v) is 4.11. The van der Waals surface area contributed by atoms with Gasteiger partial charge in [-0.15, -0.1) is 0 Å². The summed E-state index contributed by atoms with van der Waals surface area (Å²) in [5.41, 5.74) is 0. The molecule has 1 aromatic rings. The Morgan fingerprint density at radius 3 is 3.00 bits per heavy atom. The maximum Gasteiger partial charge on any atom is 0.224 e. The molecule has 0 bridgehead atoms. The fourth-order valence-corrected chi connectivity index (χ4v) is 1.79. The van der Waals surface area contributed by atoms with Crippen molar-refractivity contribution in [2.24, 2.45) is 5.92 Å². The molecular weight excluding hydrogens is 233 g/mol. The second kappa shape index (κ2) is 5.41. The highest BCUT2D eigenvalue weighted by Gasteiger charge is 2.14. The Bertz CT molecular complexity index is 358. The van der Waals surface area contributed by atoms with Gasteiger partial charge in [0, 0.05) is 19.8 Å². The van der Waals surface area contributed by atoms with Crippen molar-refractivity contribution in [2.45, 2.75) is 12.8 Å². The number of nitrogens with one attached hydrogen (secondary N) is 1. The topological polar surface area (TPSA) is 47.0 Å². The van der Waals surface area contributed by atoms with Crippen LogP contribution in [0.1, 0.15) is 12.8 Å². The molecule has 0 aliphatic carbocycles. The molecule has 4 nitrogen and oxygen atoms in total. The minimum Gasteiger partial charge on any atom is -0.381 e. The fraction of sp³-hybridized carbons (Fsp3) is 0.600. The van der Waals surface area contributed by atoms with E-state index in [0.717, 1.165) is 32.3 Å². The molecule has 1 fully saturated rings. The zero-order valence-electron chi connectivity index (χ0n) is 8.75. The number of halogens is 2. The third kappa shape index (κ3) is 3.02. The average Bonchev–Trinajstić information content (AvgIpc) is 2.32. The van der Waals surface area contributed by atoms with Crippen LogP contribution in [0.2, 0.25) is 5.28 Å². The van der Waals surface area contributed by atoms with Gasteiger partial charge in [-0.25, -0.2) is 9.37 Å². The Labute approximate surface area is 98.2 Å². The predicted octanol–water partition coefficient (Wildman–Crippen LogP) is 2.11. The van der Waals surface area contributed by atoms with Gasteiger partial charge in [0.2, 0.25) is 5.28 Å². The van der Waals surface area contributed by atoms with Crippen molar-refractivity contribution in [3.8, 4) is 0 Å². The minimum absolute atomic E-state index is 0.0517. The fourth-order valence-electron chi connectivity index (χ4n) is 1.66. The molecule has 1 aliphatic heterocycles. The quantitative estimate of drug-likeness (QED) is 0.829. The van der Waals surface area contributed by atoms with Crippen molar-refractivity contribution in [3.63, 3.8) is 0 Å². The molecule has 88 valence electrons. The van der Waals surface area contributed by atoms with Gasteiger partial charge < -0.3 is 10.1 Å². The summed E-state index contributed by atoms with van der Waals surface area (Å²) < 4.78 is 18.5. The van der Waals surface area contributed by atoms with Crippen LogP contribution in [0.15, 0.2) is 6.20 Å². The highest BCUT2D eigenvalue weighted by atomic mass is 35.5. The van der Waals surface area contributed by atoms with E-state index in [-0.39, 0.29) is 11.1 Å². The van der Waals surface area contributed by atoms with Gasteiger partial charge in [0.25, 0.3) is 0 Å². The largest absolute Gasteiger partial charge is 0.381 e. The van der Waals surface area contributed by atoms with Gasteiger partial charge in [0.05, 0.1) is 6.20 Å². The van der Waals surface area contributed by atoms with Crippen molar-refractivity contribution >= 4 is 17.4 Å². The molecule has 2 rings (SSSR count). The van der Waals surface area contributed by atoms with Gasteiger partial charge in [-0.3, -0.25) is 0 Å². The average molecular weight is 246 g/mol. The van der Waals surface area contributed by atoms with E-state index in [1.54, 1.807) is 0 Å². The maximum atomic E-state index is 13.3. The predicted molar refractivity (Wildman–Crippen MR) is 59.0 cm³/mol. The Morgan fingerprint density at radius 2 is 2.25 bits per heavy atom. The lowest BCUT2D eigenvalue weighted by molar-refractivity contribution is 0.0699. The van der Waals surface area contributed by atoms with Crippen LogP contribution >= 0.6 is 11.6 Å². The van der Waals surface area contributed by atoms with Gasteiger partial charge in [-0.2, -0.15) is 4.98 Å². The Balaban J connectivity index is 1.90. The molecule has 1 saturated heterocycles. The number of anilines is 1. The van der Waals surface area contributed by atoms with Gasteiger partial charge >= 0.3 is 0 Å². The third-order valence-corrected chi connectivity index (χ3v) is 2.80. The smallest absolute Gasteiger partial charge is 0.224 e. The maximum absolute atomic E-state index is 13.3. The minimum atomic E-state index is -0.476. The van der Waals surface area contributed by atoms with Crippen LogP contribution in [-0.2, 0) is 4.74 Å². The first kappa shape index (κ1) is 11.5. The van der Waals surface area contributed by atoms with Crippen molar-refractivity contribution in [1.29, 1.82) is 0 Å². The van der Waals surface area contributed by atoms with Gasteiger partial charge in [0.15, 0.2) is 11.6 Å². The first-order valence-corrected chi connectivity index (χ1v) is 5.63. The number of ether oxygens (including phenoxy) is 1. The van der Waals surface area contributed by atoms with Crippen LogP contribution in [-0.4, -0.2) is 29.7 Å². The zero-order chi connectivity index (χ0) is 11.4. The lowest BCUT2D eigenvalue weighted by atomic mass is 10.0. The van der Waals surface area contributed by atoms with Gasteiger partial charge in [0.1, 0.15) is 0 Å². The van der Waals surface area contributed by atoms with Crippen LogP contribution in [0, 0.1) is 11.7 Å². The van der Waals surface area contributed by atoms with E-state index >= 15 is 0 Å². The van der Waals surface area contributed by atoms with Crippen LogP contribution in [0.4, 0.5) is 10.2 Å². The molecular formula is C10H13ClFN3O. The van der Waals surface area contributed by atoms with Crippen molar-refractivity contribution < 1.29 is 9.13 Å². The summed E-state index contributed by atoms with van der Waals surface area (Å²) in [6.45, 7) is 2.24. The van der Waals surface area contributed by atoms with E-state index in [1.807, 2.05) is 0 Å². The molecule has 1 aliphatic rings. The SMILES string of the molecule is Fc1cnc(Cl)nc1NCC1CCOCC1. The molecule has 6 heteroatoms. The van der Waals surface area contributed by atoms with Gasteiger partial charge in [-0.1, -0.05) is 0 Å². The summed E-state index contributed by atoms with van der Waals surface area (Å²) in [7, 11) is 0. The van der Waals surface area contributed by atoms with E-state index < -0.39 is 5.82 Å². The molecule has 0 spiro atoms. The molecule has 0 atom stereocenters. The molecule has 1 aromatic heterocycles. The van der Waals surface area contributed by atoms with E-state index in [4.69, 9.17) is 16.3 Å². The van der Waals surface area contributed by atoms with E-state index in [0.29, 0.717) is 12.5 Å². The molecule has 16 heavy (non-hydrogen) atoms. The summed E-state index contributed by atoms with van der Waals surface area (Å²) in [4.78, 5) is 7.35. The van der Waals surface area contributed by atoms with Crippen LogP contribution < -0.4 is 5.32 Å². The van der Waals surface area contributed by atoms with E-state index in [9.17, 15) is 4.39 Å². The molecule has 0 unspecified atom stereocenters. The number of aromatic nitrogens is 2. The Morgan fingerprint density at radius 1 is 1.50 bits per heavy atom. The van der Waals surface area contributed by atoms with Crippen molar-refractivity contribution in [1.82, 2.24) is 9.97 Å². The monoisotopic (exact) mass is 245 g/mol. The lowest BCUT2D eigenvalue weighted by Gasteiger charge is -2.22. The first-order chi connectivity index (χ1) is 7.75. The second-order valence-electron chi connectivity index (χ2n) is 3.77. The number of rotatable bonds is 3. The number of hydrogen-bond donors (Lipinski definition) is 1. The Hall–Kier alpha value is -0.940. The first-order valence-electron chi connectivity index (χ1n) is 5.25. The molecule has 1 N–H and O–H groups in total. The standard InChI is InChI=1S/C10H13ClFN3O/c11-10-14-6-8(12)9(15-10)13-5-7-1-3-16-4-2-7/h6-7H,1-5H2,(H,13,14,15). The summed E-state index contributed by atoms with van der Waals surface area (Å²) in [6.07, 6.45) is 3.06.